The second-order valence-corrected chi connectivity index (χ2v) is 3.25. The van der Waals surface area contributed by atoms with Gasteiger partial charge in [-0.25, -0.2) is 0 Å². The summed E-state index contributed by atoms with van der Waals surface area (Å²) in [6, 6.07) is -0.0763. The van der Waals surface area contributed by atoms with Crippen molar-refractivity contribution in [3.8, 4) is 0 Å². The summed E-state index contributed by atoms with van der Waals surface area (Å²) in [6.45, 7) is 2.93. The highest BCUT2D eigenvalue weighted by atomic mass is 16.5. The van der Waals surface area contributed by atoms with Crippen LogP contribution < -0.4 is 5.32 Å². The Morgan fingerprint density at radius 1 is 1.71 bits per heavy atom. The average molecular weight is 200 g/mol. The van der Waals surface area contributed by atoms with Gasteiger partial charge < -0.3 is 9.64 Å². The molecule has 0 aromatic heterocycles. The van der Waals surface area contributed by atoms with E-state index in [1.165, 1.54) is 7.11 Å². The van der Waals surface area contributed by atoms with Gasteiger partial charge in [-0.3, -0.25) is 14.9 Å². The van der Waals surface area contributed by atoms with Crippen molar-refractivity contribution < 1.29 is 14.3 Å². The highest BCUT2D eigenvalue weighted by Gasteiger charge is 2.29. The molecule has 1 aliphatic heterocycles. The molecule has 1 aliphatic rings. The number of nitrogens with one attached hydrogen (secondary N) is 1. The second kappa shape index (κ2) is 4.95. The van der Waals surface area contributed by atoms with Crippen LogP contribution in [0.15, 0.2) is 0 Å². The summed E-state index contributed by atoms with van der Waals surface area (Å²) in [7, 11) is 1.35. The molecule has 0 spiro atoms. The van der Waals surface area contributed by atoms with Crippen LogP contribution in [0.1, 0.15) is 19.8 Å². The van der Waals surface area contributed by atoms with Gasteiger partial charge in [0, 0.05) is 6.54 Å². The SMILES string of the molecule is CCC1NCN(CCC(=O)OC)C1=O. The molecule has 1 amide bonds. The number of carbonyl (C=O) groups excluding carboxylic acids is 2. The number of amides is 1. The molecular weight excluding hydrogens is 184 g/mol. The molecule has 0 aromatic rings. The Morgan fingerprint density at radius 2 is 2.43 bits per heavy atom. The quantitative estimate of drug-likeness (QED) is 0.634. The first-order valence-electron chi connectivity index (χ1n) is 4.78. The Morgan fingerprint density at radius 3 is 2.93 bits per heavy atom. The Kier molecular flexibility index (Phi) is 3.88. The number of ether oxygens (including phenoxy) is 1. The molecular formula is C9H16N2O3. The van der Waals surface area contributed by atoms with E-state index < -0.39 is 0 Å². The fourth-order valence-electron chi connectivity index (χ4n) is 1.44. The Balaban J connectivity index is 2.33. The average Bonchev–Trinajstić information content (AvgIpc) is 2.56. The molecule has 0 bridgehead atoms. The van der Waals surface area contributed by atoms with Crippen molar-refractivity contribution in [2.45, 2.75) is 25.8 Å². The molecule has 1 rings (SSSR count). The van der Waals surface area contributed by atoms with Gasteiger partial charge in [0.25, 0.3) is 0 Å². The van der Waals surface area contributed by atoms with Crippen LogP contribution in [0.4, 0.5) is 0 Å². The van der Waals surface area contributed by atoms with Gasteiger partial charge in [0.1, 0.15) is 0 Å². The van der Waals surface area contributed by atoms with Gasteiger partial charge in [-0.1, -0.05) is 6.92 Å². The summed E-state index contributed by atoms with van der Waals surface area (Å²) < 4.78 is 4.50. The van der Waals surface area contributed by atoms with E-state index in [-0.39, 0.29) is 24.3 Å². The van der Waals surface area contributed by atoms with Crippen LogP contribution in [0.25, 0.3) is 0 Å². The lowest BCUT2D eigenvalue weighted by Crippen LogP contribution is -2.31. The van der Waals surface area contributed by atoms with E-state index in [4.69, 9.17) is 0 Å². The number of esters is 1. The van der Waals surface area contributed by atoms with E-state index in [1.807, 2.05) is 6.92 Å². The minimum atomic E-state index is -0.280. The summed E-state index contributed by atoms with van der Waals surface area (Å²) in [5.74, 6) is -0.200. The lowest BCUT2D eigenvalue weighted by molar-refractivity contribution is -0.141. The molecule has 14 heavy (non-hydrogen) atoms. The smallest absolute Gasteiger partial charge is 0.307 e. The van der Waals surface area contributed by atoms with Crippen LogP contribution in [0.2, 0.25) is 0 Å². The zero-order valence-corrected chi connectivity index (χ0v) is 8.58. The molecule has 1 atom stereocenters. The van der Waals surface area contributed by atoms with Crippen molar-refractivity contribution in [1.29, 1.82) is 0 Å². The van der Waals surface area contributed by atoms with E-state index in [2.05, 4.69) is 10.1 Å². The van der Waals surface area contributed by atoms with Gasteiger partial charge in [0.15, 0.2) is 0 Å². The van der Waals surface area contributed by atoms with Gasteiger partial charge in [-0.05, 0) is 6.42 Å². The van der Waals surface area contributed by atoms with Crippen LogP contribution in [-0.2, 0) is 14.3 Å². The Labute approximate surface area is 83.4 Å². The van der Waals surface area contributed by atoms with Crippen molar-refractivity contribution in [1.82, 2.24) is 10.2 Å². The predicted molar refractivity (Wildman–Crippen MR) is 50.4 cm³/mol. The molecule has 5 heteroatoms. The summed E-state index contributed by atoms with van der Waals surface area (Å²) in [6.07, 6.45) is 1.05. The van der Waals surface area contributed by atoms with E-state index in [0.29, 0.717) is 13.2 Å². The monoisotopic (exact) mass is 200 g/mol. The number of nitrogens with zero attached hydrogens (tertiary/aromatic N) is 1. The first-order chi connectivity index (χ1) is 6.69. The van der Waals surface area contributed by atoms with Gasteiger partial charge in [-0.15, -0.1) is 0 Å². The zero-order valence-electron chi connectivity index (χ0n) is 8.58. The maximum Gasteiger partial charge on any atom is 0.307 e. The predicted octanol–water partition coefficient (Wildman–Crippen LogP) is -0.283. The molecule has 0 radical (unpaired) electrons. The third-order valence-electron chi connectivity index (χ3n) is 2.36. The number of hydrogen-bond donors (Lipinski definition) is 1. The molecule has 5 nitrogen and oxygen atoms in total. The summed E-state index contributed by atoms with van der Waals surface area (Å²) in [5.41, 5.74) is 0. The number of methoxy groups -OCH3 is 1. The maximum absolute atomic E-state index is 11.5. The van der Waals surface area contributed by atoms with Crippen molar-refractivity contribution in [3.63, 3.8) is 0 Å². The van der Waals surface area contributed by atoms with Crippen LogP contribution >= 0.6 is 0 Å². The minimum Gasteiger partial charge on any atom is -0.469 e. The number of rotatable bonds is 4. The van der Waals surface area contributed by atoms with Crippen LogP contribution in [0.3, 0.4) is 0 Å². The third kappa shape index (κ3) is 2.45. The molecule has 0 aromatic carbocycles. The molecule has 1 saturated heterocycles. The third-order valence-corrected chi connectivity index (χ3v) is 2.36. The van der Waals surface area contributed by atoms with Crippen LogP contribution in [0.5, 0.6) is 0 Å². The van der Waals surface area contributed by atoms with E-state index in [0.717, 1.165) is 6.42 Å². The first kappa shape index (κ1) is 11.0. The first-order valence-corrected chi connectivity index (χ1v) is 4.78. The molecule has 0 aliphatic carbocycles. The topological polar surface area (TPSA) is 58.6 Å². The standard InChI is InChI=1S/C9H16N2O3/c1-3-7-9(13)11(6-10-7)5-4-8(12)14-2/h7,10H,3-6H2,1-2H3. The van der Waals surface area contributed by atoms with E-state index >= 15 is 0 Å². The van der Waals surface area contributed by atoms with Gasteiger partial charge >= 0.3 is 5.97 Å². The van der Waals surface area contributed by atoms with Gasteiger partial charge in [-0.2, -0.15) is 0 Å². The highest BCUT2D eigenvalue weighted by Crippen LogP contribution is 2.06. The maximum atomic E-state index is 11.5. The van der Waals surface area contributed by atoms with E-state index in [1.54, 1.807) is 4.90 Å². The lowest BCUT2D eigenvalue weighted by atomic mass is 10.2. The minimum absolute atomic E-state index is 0.0763. The summed E-state index contributed by atoms with van der Waals surface area (Å²) in [4.78, 5) is 24.0. The van der Waals surface area contributed by atoms with Crippen LogP contribution in [0, 0.1) is 0 Å². The molecule has 80 valence electrons. The van der Waals surface area contributed by atoms with Crippen molar-refractivity contribution in [2.24, 2.45) is 0 Å². The lowest BCUT2D eigenvalue weighted by Gasteiger charge is -2.13. The highest BCUT2D eigenvalue weighted by molar-refractivity contribution is 5.84. The Bertz CT molecular complexity index is 230. The van der Waals surface area contributed by atoms with Crippen LogP contribution in [-0.4, -0.2) is 43.1 Å². The second-order valence-electron chi connectivity index (χ2n) is 3.25. The summed E-state index contributed by atoms with van der Waals surface area (Å²) in [5, 5.41) is 3.07. The fourth-order valence-corrected chi connectivity index (χ4v) is 1.44. The van der Waals surface area contributed by atoms with E-state index in [9.17, 15) is 9.59 Å². The number of hydrogen-bond acceptors (Lipinski definition) is 4. The normalized spacial score (nSPS) is 21.4. The van der Waals surface area contributed by atoms with Gasteiger partial charge in [0.2, 0.25) is 5.91 Å². The largest absolute Gasteiger partial charge is 0.469 e. The Hall–Kier alpha value is -1.10. The van der Waals surface area contributed by atoms with Crippen molar-refractivity contribution in [3.05, 3.63) is 0 Å². The van der Waals surface area contributed by atoms with Crippen molar-refractivity contribution >= 4 is 11.9 Å². The molecule has 1 heterocycles. The molecule has 0 saturated carbocycles. The fraction of sp³-hybridized carbons (Fsp3) is 0.778. The zero-order chi connectivity index (χ0) is 10.6. The van der Waals surface area contributed by atoms with Crippen molar-refractivity contribution in [2.75, 3.05) is 20.3 Å². The summed E-state index contributed by atoms with van der Waals surface area (Å²) >= 11 is 0. The number of carbonyl (C=O) groups is 2. The van der Waals surface area contributed by atoms with Gasteiger partial charge in [0.05, 0.1) is 26.2 Å². The molecule has 1 fully saturated rings. The molecule has 1 N–H and O–H groups in total. The molecule has 1 unspecified atom stereocenters.